The molecule has 7 rings (SSSR count). The first kappa shape index (κ1) is 22.2. The lowest BCUT2D eigenvalue weighted by Crippen LogP contribution is -2.52. The number of rotatable bonds is 5. The third-order valence-corrected chi connectivity index (χ3v) is 8.58. The zero-order valence-corrected chi connectivity index (χ0v) is 20.2. The van der Waals surface area contributed by atoms with E-state index in [1.165, 1.54) is 12.1 Å². The van der Waals surface area contributed by atoms with Gasteiger partial charge in [-0.25, -0.2) is 5.01 Å². The maximum atomic E-state index is 13.7. The van der Waals surface area contributed by atoms with Crippen molar-refractivity contribution in [3.8, 4) is 0 Å². The molecule has 5 aliphatic rings. The van der Waals surface area contributed by atoms with Crippen molar-refractivity contribution in [2.45, 2.75) is 20.3 Å². The molecule has 0 aromatic heterocycles. The Morgan fingerprint density at radius 2 is 1.46 bits per heavy atom. The van der Waals surface area contributed by atoms with Gasteiger partial charge in [0.1, 0.15) is 6.54 Å². The van der Waals surface area contributed by atoms with Gasteiger partial charge in [-0.3, -0.25) is 19.2 Å². The maximum absolute atomic E-state index is 13.7. The molecule has 1 aliphatic heterocycles. The summed E-state index contributed by atoms with van der Waals surface area (Å²) in [6, 6.07) is 11.6. The molecule has 7 heteroatoms. The van der Waals surface area contributed by atoms with Crippen molar-refractivity contribution in [2.75, 3.05) is 6.54 Å². The third-order valence-electron chi connectivity index (χ3n) is 8.33. The van der Waals surface area contributed by atoms with E-state index in [-0.39, 0.29) is 35.0 Å². The van der Waals surface area contributed by atoms with Gasteiger partial charge >= 0.3 is 0 Å². The van der Waals surface area contributed by atoms with E-state index in [1.54, 1.807) is 24.3 Å². The van der Waals surface area contributed by atoms with E-state index in [0.29, 0.717) is 22.4 Å². The fourth-order valence-corrected chi connectivity index (χ4v) is 6.42. The summed E-state index contributed by atoms with van der Waals surface area (Å²) in [5.41, 5.74) is 2.68. The first-order valence-electron chi connectivity index (χ1n) is 12.0. The predicted octanol–water partition coefficient (Wildman–Crippen LogP) is 4.25. The molecule has 0 radical (unpaired) electrons. The Balaban J connectivity index is 1.36. The summed E-state index contributed by atoms with van der Waals surface area (Å²) in [4.78, 5) is 54.4. The van der Waals surface area contributed by atoms with Crippen molar-refractivity contribution in [3.63, 3.8) is 0 Å². The minimum atomic E-state index is -0.579. The normalized spacial score (nSPS) is 29.7. The molecular formula is C28H25ClN2O4. The Morgan fingerprint density at radius 1 is 0.886 bits per heavy atom. The highest BCUT2D eigenvalue weighted by atomic mass is 35.5. The van der Waals surface area contributed by atoms with Crippen molar-refractivity contribution < 1.29 is 19.2 Å². The van der Waals surface area contributed by atoms with Crippen LogP contribution in [-0.2, 0) is 9.59 Å². The minimum absolute atomic E-state index is 0.0272. The Bertz CT molecular complexity index is 1280. The second-order valence-corrected chi connectivity index (χ2v) is 10.7. The van der Waals surface area contributed by atoms with Gasteiger partial charge in [-0.2, -0.15) is 5.01 Å². The van der Waals surface area contributed by atoms with Gasteiger partial charge in [0.2, 0.25) is 0 Å². The topological polar surface area (TPSA) is 74.8 Å². The van der Waals surface area contributed by atoms with Gasteiger partial charge in [0.25, 0.3) is 17.7 Å². The smallest absolute Gasteiger partial charge is 0.273 e. The van der Waals surface area contributed by atoms with E-state index in [0.717, 1.165) is 27.6 Å². The molecule has 35 heavy (non-hydrogen) atoms. The summed E-state index contributed by atoms with van der Waals surface area (Å²) in [6.07, 6.45) is 5.22. The Labute approximate surface area is 208 Å². The average molecular weight is 489 g/mol. The van der Waals surface area contributed by atoms with Crippen molar-refractivity contribution in [1.29, 1.82) is 0 Å². The van der Waals surface area contributed by atoms with Gasteiger partial charge in [-0.05, 0) is 85.4 Å². The summed E-state index contributed by atoms with van der Waals surface area (Å²) in [5.74, 6) is -1.64. The molecule has 3 amide bonds. The fourth-order valence-electron chi connectivity index (χ4n) is 6.30. The van der Waals surface area contributed by atoms with Crippen molar-refractivity contribution >= 4 is 35.1 Å². The molecular weight excluding hydrogens is 464 g/mol. The van der Waals surface area contributed by atoms with E-state index in [9.17, 15) is 19.2 Å². The summed E-state index contributed by atoms with van der Waals surface area (Å²) in [5, 5.41) is 2.48. The highest BCUT2D eigenvalue weighted by Gasteiger charge is 2.68. The quantitative estimate of drug-likeness (QED) is 0.358. The van der Waals surface area contributed by atoms with Crippen LogP contribution in [0.15, 0.2) is 54.6 Å². The maximum Gasteiger partial charge on any atom is 0.273 e. The molecule has 6 nitrogen and oxygen atoms in total. The van der Waals surface area contributed by atoms with Crippen LogP contribution in [-0.4, -0.2) is 40.1 Å². The zero-order valence-electron chi connectivity index (χ0n) is 19.5. The number of hydrogen-bond acceptors (Lipinski definition) is 4. The van der Waals surface area contributed by atoms with Gasteiger partial charge < -0.3 is 0 Å². The second-order valence-electron chi connectivity index (χ2n) is 10.2. The van der Waals surface area contributed by atoms with Crippen molar-refractivity contribution in [1.82, 2.24) is 10.0 Å². The lowest BCUT2D eigenvalue weighted by molar-refractivity contribution is -0.154. The molecule has 2 aromatic rings. The number of halogens is 1. The monoisotopic (exact) mass is 488 g/mol. The first-order valence-corrected chi connectivity index (χ1v) is 12.4. The van der Waals surface area contributed by atoms with E-state index < -0.39 is 24.3 Å². The molecule has 3 fully saturated rings. The number of hydrogen-bond donors (Lipinski definition) is 0. The van der Waals surface area contributed by atoms with E-state index in [4.69, 9.17) is 11.6 Å². The van der Waals surface area contributed by atoms with E-state index >= 15 is 0 Å². The summed E-state index contributed by atoms with van der Waals surface area (Å²) in [7, 11) is 0. The number of nitrogens with zero attached hydrogens (tertiary/aromatic N) is 2. The van der Waals surface area contributed by atoms with Crippen LogP contribution in [0.1, 0.15) is 38.3 Å². The summed E-state index contributed by atoms with van der Waals surface area (Å²) in [6.45, 7) is 3.46. The van der Waals surface area contributed by atoms with Gasteiger partial charge in [-0.15, -0.1) is 0 Å². The number of carbonyl (C=O) groups excluding carboxylic acids is 4. The third kappa shape index (κ3) is 3.38. The Morgan fingerprint density at radius 3 is 2.03 bits per heavy atom. The molecule has 2 bridgehead atoms. The molecule has 178 valence electrons. The largest absolute Gasteiger partial charge is 0.292 e. The lowest BCUT2D eigenvalue weighted by atomic mass is 9.63. The number of Topliss-reactive ketones (excluding diaryl/α,β-unsaturated/α-hetero) is 1. The molecule has 6 atom stereocenters. The Hall–Kier alpha value is -3.25. The number of benzene rings is 2. The van der Waals surface area contributed by atoms with Gasteiger partial charge in [-0.1, -0.05) is 35.9 Å². The summed E-state index contributed by atoms with van der Waals surface area (Å²) >= 11 is 6.00. The molecule has 4 aliphatic carbocycles. The van der Waals surface area contributed by atoms with Crippen LogP contribution in [0.4, 0.5) is 0 Å². The van der Waals surface area contributed by atoms with Crippen LogP contribution in [0.25, 0.3) is 0 Å². The van der Waals surface area contributed by atoms with Crippen LogP contribution in [0.5, 0.6) is 0 Å². The SMILES string of the molecule is Cc1ccc(C(=O)CN(C(=O)c2ccc(Cl)cc2)N2C(=O)[C@@H]3[C@H]4C=C[C@@H]([C@@H]5C[C@H]45)[C@@H]3C2=O)cc1C. The molecule has 1 saturated heterocycles. The Kier molecular flexibility index (Phi) is 5.01. The number of imide groups is 1. The van der Waals surface area contributed by atoms with Crippen LogP contribution in [0, 0.1) is 49.4 Å². The average Bonchev–Trinajstić information content (AvgIpc) is 3.63. The van der Waals surface area contributed by atoms with Crippen LogP contribution < -0.4 is 0 Å². The van der Waals surface area contributed by atoms with Gasteiger partial charge in [0.05, 0.1) is 11.8 Å². The lowest BCUT2D eigenvalue weighted by Gasteiger charge is -2.37. The van der Waals surface area contributed by atoms with Crippen LogP contribution in [0.3, 0.4) is 0 Å². The predicted molar refractivity (Wildman–Crippen MR) is 129 cm³/mol. The van der Waals surface area contributed by atoms with E-state index in [2.05, 4.69) is 12.2 Å². The second kappa shape index (κ2) is 7.89. The summed E-state index contributed by atoms with van der Waals surface area (Å²) < 4.78 is 0. The molecule has 0 spiro atoms. The zero-order chi connectivity index (χ0) is 24.6. The number of hydrazine groups is 1. The molecule has 2 saturated carbocycles. The van der Waals surface area contributed by atoms with Gasteiger partial charge in [0.15, 0.2) is 5.78 Å². The highest BCUT2D eigenvalue weighted by Crippen LogP contribution is 2.65. The molecule has 2 aromatic carbocycles. The fraction of sp³-hybridized carbons (Fsp3) is 0.357. The van der Waals surface area contributed by atoms with Crippen LogP contribution >= 0.6 is 11.6 Å². The molecule has 0 N–H and O–H groups in total. The number of aryl methyl sites for hydroxylation is 2. The number of carbonyl (C=O) groups is 4. The molecule has 1 heterocycles. The van der Waals surface area contributed by atoms with Crippen molar-refractivity contribution in [3.05, 3.63) is 81.9 Å². The standard InChI is InChI=1S/C28H25ClN2O4/c1-14-3-4-17(11-15(14)2)23(32)13-30(26(33)16-5-7-18(29)8-6-16)31-27(34)24-19-9-10-20(22-12-21(19)22)25(24)28(31)35/h3-11,19-22,24-25H,12-13H2,1-2H3/t19-,20-,21-,22+,24-,25+/m0/s1. The number of ketones is 1. The van der Waals surface area contributed by atoms with Gasteiger partial charge in [0, 0.05) is 16.1 Å². The first-order chi connectivity index (χ1) is 16.8. The number of amides is 3. The molecule has 0 unspecified atom stereocenters. The van der Waals surface area contributed by atoms with E-state index in [1.807, 2.05) is 19.9 Å². The highest BCUT2D eigenvalue weighted by molar-refractivity contribution is 6.30. The minimum Gasteiger partial charge on any atom is -0.292 e. The van der Waals surface area contributed by atoms with Crippen LogP contribution in [0.2, 0.25) is 5.02 Å². The number of allylic oxidation sites excluding steroid dienone is 2. The van der Waals surface area contributed by atoms with Crippen molar-refractivity contribution in [2.24, 2.45) is 35.5 Å².